The predicted octanol–water partition coefficient (Wildman–Crippen LogP) is 2.95. The van der Waals surface area contributed by atoms with E-state index in [-0.39, 0.29) is 17.9 Å². The summed E-state index contributed by atoms with van der Waals surface area (Å²) in [6.07, 6.45) is 5.49. The smallest absolute Gasteiger partial charge is 0.223 e. The van der Waals surface area contributed by atoms with Crippen LogP contribution in [0.25, 0.3) is 0 Å². The fourth-order valence-corrected chi connectivity index (χ4v) is 2.44. The van der Waals surface area contributed by atoms with E-state index in [0.717, 1.165) is 19.3 Å². The molecular weight excluding hydrogens is 210 g/mol. The van der Waals surface area contributed by atoms with E-state index in [0.29, 0.717) is 11.8 Å². The maximum absolute atomic E-state index is 11.8. The van der Waals surface area contributed by atoms with Crippen LogP contribution in [-0.4, -0.2) is 17.8 Å². The van der Waals surface area contributed by atoms with Crippen LogP contribution in [0.3, 0.4) is 0 Å². The molecule has 1 fully saturated rings. The van der Waals surface area contributed by atoms with Crippen LogP contribution in [-0.2, 0) is 4.79 Å². The lowest BCUT2D eigenvalue weighted by atomic mass is 10.0. The van der Waals surface area contributed by atoms with Crippen LogP contribution in [0.15, 0.2) is 0 Å². The van der Waals surface area contributed by atoms with E-state index in [4.69, 9.17) is 11.6 Å². The minimum Gasteiger partial charge on any atom is -0.352 e. The molecule has 1 saturated carbocycles. The van der Waals surface area contributed by atoms with E-state index in [1.807, 2.05) is 0 Å². The minimum atomic E-state index is 0.153. The van der Waals surface area contributed by atoms with Crippen molar-refractivity contribution in [2.75, 3.05) is 5.88 Å². The molecule has 1 atom stereocenters. The molecule has 0 bridgehead atoms. The molecule has 0 aromatic carbocycles. The van der Waals surface area contributed by atoms with Crippen LogP contribution in [0.2, 0.25) is 0 Å². The van der Waals surface area contributed by atoms with Gasteiger partial charge in [-0.2, -0.15) is 0 Å². The number of carbonyl (C=O) groups is 1. The van der Waals surface area contributed by atoms with Crippen LogP contribution in [0.4, 0.5) is 0 Å². The summed E-state index contributed by atoms with van der Waals surface area (Å²) in [6.45, 7) is 4.31. The molecule has 1 amide bonds. The number of carbonyl (C=O) groups excluding carboxylic acids is 1. The van der Waals surface area contributed by atoms with Crippen molar-refractivity contribution in [3.8, 4) is 0 Å². The fourth-order valence-electron chi connectivity index (χ4n) is 2.24. The lowest BCUT2D eigenvalue weighted by molar-refractivity contribution is -0.125. The second kappa shape index (κ2) is 6.37. The van der Waals surface area contributed by atoms with Crippen LogP contribution in [0, 0.1) is 11.8 Å². The SMILES string of the molecule is CC(C)CC(CCl)NC(=O)C1CCCC1. The van der Waals surface area contributed by atoms with Gasteiger partial charge in [0.15, 0.2) is 0 Å². The minimum absolute atomic E-state index is 0.153. The summed E-state index contributed by atoms with van der Waals surface area (Å²) in [7, 11) is 0. The van der Waals surface area contributed by atoms with Gasteiger partial charge in [0.2, 0.25) is 5.91 Å². The third-order valence-electron chi connectivity index (χ3n) is 3.01. The number of rotatable bonds is 5. The van der Waals surface area contributed by atoms with Gasteiger partial charge in [-0.05, 0) is 25.2 Å². The van der Waals surface area contributed by atoms with Crippen LogP contribution < -0.4 is 5.32 Å². The molecule has 1 rings (SSSR count). The molecule has 0 saturated heterocycles. The Balaban J connectivity index is 2.33. The molecule has 0 spiro atoms. The molecule has 2 nitrogen and oxygen atoms in total. The van der Waals surface area contributed by atoms with Gasteiger partial charge in [-0.25, -0.2) is 0 Å². The van der Waals surface area contributed by atoms with Gasteiger partial charge in [-0.15, -0.1) is 11.6 Å². The normalized spacial score (nSPS) is 19.5. The van der Waals surface area contributed by atoms with Gasteiger partial charge in [-0.3, -0.25) is 4.79 Å². The summed E-state index contributed by atoms with van der Waals surface area (Å²) in [5, 5.41) is 3.07. The van der Waals surface area contributed by atoms with Crippen LogP contribution in [0.5, 0.6) is 0 Å². The van der Waals surface area contributed by atoms with E-state index < -0.39 is 0 Å². The zero-order valence-electron chi connectivity index (χ0n) is 9.76. The standard InChI is InChI=1S/C12H22ClNO/c1-9(2)7-11(8-13)14-12(15)10-5-3-4-6-10/h9-11H,3-8H2,1-2H3,(H,14,15). The first-order valence-corrected chi connectivity index (χ1v) is 6.53. The molecule has 88 valence electrons. The van der Waals surface area contributed by atoms with E-state index >= 15 is 0 Å². The number of nitrogens with one attached hydrogen (secondary N) is 1. The van der Waals surface area contributed by atoms with Crippen molar-refractivity contribution in [3.63, 3.8) is 0 Å². The number of hydrogen-bond donors (Lipinski definition) is 1. The molecule has 15 heavy (non-hydrogen) atoms. The Morgan fingerprint density at radius 3 is 2.47 bits per heavy atom. The highest BCUT2D eigenvalue weighted by molar-refractivity contribution is 6.18. The van der Waals surface area contributed by atoms with Gasteiger partial charge in [0.05, 0.1) is 0 Å². The van der Waals surface area contributed by atoms with Gasteiger partial charge in [0.25, 0.3) is 0 Å². The van der Waals surface area contributed by atoms with Crippen molar-refractivity contribution in [1.29, 1.82) is 0 Å². The van der Waals surface area contributed by atoms with Crippen molar-refractivity contribution in [3.05, 3.63) is 0 Å². The Morgan fingerprint density at radius 2 is 2.00 bits per heavy atom. The highest BCUT2D eigenvalue weighted by atomic mass is 35.5. The molecule has 1 N–H and O–H groups in total. The zero-order valence-corrected chi connectivity index (χ0v) is 10.5. The summed E-state index contributed by atoms with van der Waals surface area (Å²) in [5.41, 5.74) is 0. The Labute approximate surface area is 97.8 Å². The Bertz CT molecular complexity index is 200. The quantitative estimate of drug-likeness (QED) is 0.725. The van der Waals surface area contributed by atoms with Crippen molar-refractivity contribution in [2.45, 2.75) is 52.0 Å². The molecule has 0 radical (unpaired) electrons. The van der Waals surface area contributed by atoms with Gasteiger partial charge < -0.3 is 5.32 Å². The van der Waals surface area contributed by atoms with E-state index in [1.54, 1.807) is 0 Å². The van der Waals surface area contributed by atoms with Crippen molar-refractivity contribution < 1.29 is 4.79 Å². The average molecular weight is 232 g/mol. The molecule has 0 heterocycles. The first-order valence-electron chi connectivity index (χ1n) is 5.99. The Hall–Kier alpha value is -0.240. The molecular formula is C12H22ClNO. The van der Waals surface area contributed by atoms with Crippen molar-refractivity contribution in [1.82, 2.24) is 5.32 Å². The predicted molar refractivity (Wildman–Crippen MR) is 64.1 cm³/mol. The monoisotopic (exact) mass is 231 g/mol. The van der Waals surface area contributed by atoms with Gasteiger partial charge in [-0.1, -0.05) is 26.7 Å². The summed E-state index contributed by atoms with van der Waals surface area (Å²) >= 11 is 5.85. The Kier molecular flexibility index (Phi) is 5.44. The van der Waals surface area contributed by atoms with Crippen molar-refractivity contribution in [2.24, 2.45) is 11.8 Å². The molecule has 0 aliphatic heterocycles. The highest BCUT2D eigenvalue weighted by Gasteiger charge is 2.24. The summed E-state index contributed by atoms with van der Waals surface area (Å²) in [4.78, 5) is 11.8. The fraction of sp³-hybridized carbons (Fsp3) is 0.917. The van der Waals surface area contributed by atoms with Crippen molar-refractivity contribution >= 4 is 17.5 Å². The van der Waals surface area contributed by atoms with Crippen LogP contribution in [0.1, 0.15) is 46.0 Å². The molecule has 1 unspecified atom stereocenters. The molecule has 0 aromatic rings. The number of alkyl halides is 1. The number of amides is 1. The van der Waals surface area contributed by atoms with Crippen LogP contribution >= 0.6 is 11.6 Å². The van der Waals surface area contributed by atoms with Gasteiger partial charge in [0.1, 0.15) is 0 Å². The van der Waals surface area contributed by atoms with Gasteiger partial charge in [0, 0.05) is 17.8 Å². The molecule has 1 aliphatic carbocycles. The number of halogens is 1. The average Bonchev–Trinajstić information content (AvgIpc) is 2.68. The molecule has 1 aliphatic rings. The lowest BCUT2D eigenvalue weighted by Gasteiger charge is -2.20. The van der Waals surface area contributed by atoms with E-state index in [9.17, 15) is 4.79 Å². The van der Waals surface area contributed by atoms with E-state index in [2.05, 4.69) is 19.2 Å². The first-order chi connectivity index (χ1) is 7.13. The summed E-state index contributed by atoms with van der Waals surface area (Å²) < 4.78 is 0. The first kappa shape index (κ1) is 12.8. The third-order valence-corrected chi connectivity index (χ3v) is 3.39. The summed E-state index contributed by atoms with van der Waals surface area (Å²) in [5.74, 6) is 1.58. The lowest BCUT2D eigenvalue weighted by Crippen LogP contribution is -2.40. The second-order valence-corrected chi connectivity index (χ2v) is 5.28. The Morgan fingerprint density at radius 1 is 1.40 bits per heavy atom. The third kappa shape index (κ3) is 4.42. The molecule has 3 heteroatoms. The van der Waals surface area contributed by atoms with Gasteiger partial charge >= 0.3 is 0 Å². The maximum atomic E-state index is 11.8. The largest absolute Gasteiger partial charge is 0.352 e. The highest BCUT2D eigenvalue weighted by Crippen LogP contribution is 2.25. The summed E-state index contributed by atoms with van der Waals surface area (Å²) in [6, 6.07) is 0.153. The maximum Gasteiger partial charge on any atom is 0.223 e. The number of hydrogen-bond acceptors (Lipinski definition) is 1. The second-order valence-electron chi connectivity index (χ2n) is 4.97. The van der Waals surface area contributed by atoms with E-state index in [1.165, 1.54) is 12.8 Å². The molecule has 0 aromatic heterocycles. The zero-order chi connectivity index (χ0) is 11.3. The topological polar surface area (TPSA) is 29.1 Å².